The van der Waals surface area contributed by atoms with E-state index >= 15 is 0 Å². The number of aromatic nitrogens is 1. The topological polar surface area (TPSA) is 63.1 Å². The summed E-state index contributed by atoms with van der Waals surface area (Å²) in [5.41, 5.74) is 8.35. The highest BCUT2D eigenvalue weighted by molar-refractivity contribution is 7.09. The number of thiophene rings is 1. The molecular formula is C20H21N3O2S. The fourth-order valence-electron chi connectivity index (χ4n) is 2.91. The van der Waals surface area contributed by atoms with Gasteiger partial charge in [-0.2, -0.15) is 0 Å². The fraction of sp³-hybridized carbons (Fsp3) is 0.200. The maximum atomic E-state index is 12.5. The van der Waals surface area contributed by atoms with Crippen molar-refractivity contribution in [3.63, 3.8) is 0 Å². The van der Waals surface area contributed by atoms with Gasteiger partial charge in [-0.05, 0) is 49.9 Å². The zero-order chi connectivity index (χ0) is 18.5. The average Bonchev–Trinajstić information content (AvgIpc) is 3.26. The van der Waals surface area contributed by atoms with Crippen LogP contribution in [0.3, 0.4) is 0 Å². The molecule has 0 aliphatic rings. The number of hydrogen-bond acceptors (Lipinski definition) is 3. The van der Waals surface area contributed by atoms with Crippen LogP contribution >= 0.6 is 11.3 Å². The van der Waals surface area contributed by atoms with Crippen molar-refractivity contribution in [1.82, 2.24) is 15.4 Å². The summed E-state index contributed by atoms with van der Waals surface area (Å²) in [7, 11) is 0. The van der Waals surface area contributed by atoms with Crippen molar-refractivity contribution >= 4 is 23.2 Å². The number of carbonyl (C=O) groups is 2. The van der Waals surface area contributed by atoms with E-state index in [0.717, 1.165) is 22.0 Å². The number of nitrogens with one attached hydrogen (secondary N) is 2. The highest BCUT2D eigenvalue weighted by Crippen LogP contribution is 2.20. The molecule has 134 valence electrons. The molecule has 0 saturated heterocycles. The van der Waals surface area contributed by atoms with E-state index in [9.17, 15) is 9.59 Å². The zero-order valence-corrected chi connectivity index (χ0v) is 15.6. The summed E-state index contributed by atoms with van der Waals surface area (Å²) < 4.78 is 2.02. The van der Waals surface area contributed by atoms with Crippen molar-refractivity contribution in [2.75, 3.05) is 0 Å². The molecule has 2 N–H and O–H groups in total. The molecule has 0 saturated carbocycles. The van der Waals surface area contributed by atoms with E-state index in [1.807, 2.05) is 72.3 Å². The lowest BCUT2D eigenvalue weighted by Gasteiger charge is -2.10. The fourth-order valence-corrected chi connectivity index (χ4v) is 3.62. The number of hydrazine groups is 1. The second-order valence-electron chi connectivity index (χ2n) is 6.04. The van der Waals surface area contributed by atoms with Crippen LogP contribution in [-0.4, -0.2) is 16.4 Å². The van der Waals surface area contributed by atoms with Crippen molar-refractivity contribution in [3.05, 3.63) is 75.7 Å². The summed E-state index contributed by atoms with van der Waals surface area (Å²) in [6.45, 7) is 3.85. The largest absolute Gasteiger partial charge is 0.318 e. The molecule has 2 amide bonds. The van der Waals surface area contributed by atoms with E-state index in [4.69, 9.17) is 0 Å². The zero-order valence-electron chi connectivity index (χ0n) is 14.8. The normalized spacial score (nSPS) is 10.5. The van der Waals surface area contributed by atoms with Gasteiger partial charge >= 0.3 is 0 Å². The predicted molar refractivity (Wildman–Crippen MR) is 103 cm³/mol. The molecule has 2 aromatic heterocycles. The lowest BCUT2D eigenvalue weighted by atomic mass is 10.2. The Morgan fingerprint density at radius 1 is 1.04 bits per heavy atom. The summed E-state index contributed by atoms with van der Waals surface area (Å²) in [5, 5.41) is 1.98. The minimum Gasteiger partial charge on any atom is -0.318 e. The number of amides is 2. The number of nitrogens with zero attached hydrogens (tertiary/aromatic N) is 1. The first-order valence-electron chi connectivity index (χ1n) is 8.42. The number of benzene rings is 1. The van der Waals surface area contributed by atoms with Gasteiger partial charge in [0, 0.05) is 28.4 Å². The van der Waals surface area contributed by atoms with Gasteiger partial charge in [-0.3, -0.25) is 20.4 Å². The number of aryl methyl sites for hydroxylation is 2. The van der Waals surface area contributed by atoms with Gasteiger partial charge in [-0.15, -0.1) is 11.3 Å². The van der Waals surface area contributed by atoms with Crippen molar-refractivity contribution in [2.24, 2.45) is 0 Å². The molecule has 0 aliphatic carbocycles. The van der Waals surface area contributed by atoms with Gasteiger partial charge in [0.15, 0.2) is 0 Å². The van der Waals surface area contributed by atoms with Crippen molar-refractivity contribution in [2.45, 2.75) is 26.7 Å². The van der Waals surface area contributed by atoms with Crippen LogP contribution in [0.4, 0.5) is 0 Å². The highest BCUT2D eigenvalue weighted by Gasteiger charge is 2.17. The number of para-hydroxylation sites is 1. The molecule has 0 radical (unpaired) electrons. The highest BCUT2D eigenvalue weighted by atomic mass is 32.1. The summed E-state index contributed by atoms with van der Waals surface area (Å²) in [4.78, 5) is 25.5. The summed E-state index contributed by atoms with van der Waals surface area (Å²) in [6.07, 6.45) is 1.01. The van der Waals surface area contributed by atoms with Crippen LogP contribution in [0.25, 0.3) is 5.69 Å². The van der Waals surface area contributed by atoms with Gasteiger partial charge in [0.25, 0.3) is 5.91 Å². The summed E-state index contributed by atoms with van der Waals surface area (Å²) >= 11 is 1.62. The molecule has 1 aromatic carbocycles. The van der Waals surface area contributed by atoms with Crippen LogP contribution in [0.1, 0.15) is 33.0 Å². The molecular weight excluding hydrogens is 346 g/mol. The molecule has 0 spiro atoms. The van der Waals surface area contributed by atoms with Gasteiger partial charge in [0.2, 0.25) is 5.91 Å². The first kappa shape index (κ1) is 17.9. The summed E-state index contributed by atoms with van der Waals surface area (Å²) in [6, 6.07) is 15.6. The van der Waals surface area contributed by atoms with Gasteiger partial charge in [-0.25, -0.2) is 0 Å². The van der Waals surface area contributed by atoms with Gasteiger partial charge in [-0.1, -0.05) is 24.3 Å². The average molecular weight is 367 g/mol. The third kappa shape index (κ3) is 4.03. The lowest BCUT2D eigenvalue weighted by Crippen LogP contribution is -2.41. The Morgan fingerprint density at radius 3 is 2.50 bits per heavy atom. The number of carbonyl (C=O) groups excluding carboxylic acids is 2. The molecule has 0 aliphatic heterocycles. The van der Waals surface area contributed by atoms with Gasteiger partial charge in [0.05, 0.1) is 5.56 Å². The van der Waals surface area contributed by atoms with Crippen molar-refractivity contribution < 1.29 is 9.59 Å². The Morgan fingerprint density at radius 2 is 1.81 bits per heavy atom. The monoisotopic (exact) mass is 367 g/mol. The van der Waals surface area contributed by atoms with Gasteiger partial charge < -0.3 is 4.57 Å². The van der Waals surface area contributed by atoms with E-state index in [0.29, 0.717) is 18.4 Å². The standard InChI is InChI=1S/C20H21N3O2S/c1-14-13-18(15(2)23(14)16-7-4-3-5-8-16)20(25)22-21-19(24)11-10-17-9-6-12-26-17/h3-9,12-13H,10-11H2,1-2H3,(H,21,24)(H,22,25). The Hall–Kier alpha value is -2.86. The lowest BCUT2D eigenvalue weighted by molar-refractivity contribution is -0.121. The quantitative estimate of drug-likeness (QED) is 0.678. The second-order valence-corrected chi connectivity index (χ2v) is 7.07. The molecule has 6 heteroatoms. The van der Waals surface area contributed by atoms with E-state index in [2.05, 4.69) is 10.9 Å². The maximum absolute atomic E-state index is 12.5. The Labute approximate surface area is 156 Å². The van der Waals surface area contributed by atoms with Crippen LogP contribution in [0.2, 0.25) is 0 Å². The Bertz CT molecular complexity index is 899. The van der Waals surface area contributed by atoms with Crippen LogP contribution in [0.5, 0.6) is 0 Å². The first-order valence-corrected chi connectivity index (χ1v) is 9.30. The smallest absolute Gasteiger partial charge is 0.271 e. The van der Waals surface area contributed by atoms with Crippen LogP contribution in [0, 0.1) is 13.8 Å². The van der Waals surface area contributed by atoms with E-state index in [-0.39, 0.29) is 11.8 Å². The number of rotatable bonds is 5. The predicted octanol–water partition coefficient (Wildman–Crippen LogP) is 3.55. The van der Waals surface area contributed by atoms with E-state index in [1.54, 1.807) is 11.3 Å². The number of hydrogen-bond donors (Lipinski definition) is 2. The van der Waals surface area contributed by atoms with Gasteiger partial charge in [0.1, 0.15) is 0 Å². The third-order valence-corrected chi connectivity index (χ3v) is 5.12. The summed E-state index contributed by atoms with van der Waals surface area (Å²) in [5.74, 6) is -0.520. The Balaban J connectivity index is 1.62. The SMILES string of the molecule is Cc1cc(C(=O)NNC(=O)CCc2cccs2)c(C)n1-c1ccccc1. The van der Waals surface area contributed by atoms with E-state index < -0.39 is 0 Å². The van der Waals surface area contributed by atoms with Crippen LogP contribution in [-0.2, 0) is 11.2 Å². The maximum Gasteiger partial charge on any atom is 0.271 e. The second kappa shape index (κ2) is 8.01. The van der Waals surface area contributed by atoms with Crippen LogP contribution < -0.4 is 10.9 Å². The molecule has 3 aromatic rings. The van der Waals surface area contributed by atoms with Crippen LogP contribution in [0.15, 0.2) is 53.9 Å². The molecule has 0 fully saturated rings. The molecule has 3 rings (SSSR count). The molecule has 2 heterocycles. The minimum absolute atomic E-state index is 0.205. The molecule has 0 bridgehead atoms. The third-order valence-electron chi connectivity index (χ3n) is 4.18. The minimum atomic E-state index is -0.315. The molecule has 0 unspecified atom stereocenters. The van der Waals surface area contributed by atoms with E-state index in [1.165, 1.54) is 0 Å². The Kier molecular flexibility index (Phi) is 5.53. The van der Waals surface area contributed by atoms with Crippen molar-refractivity contribution in [1.29, 1.82) is 0 Å². The molecule has 0 atom stereocenters. The molecule has 5 nitrogen and oxygen atoms in total. The first-order chi connectivity index (χ1) is 12.6. The van der Waals surface area contributed by atoms with Crippen molar-refractivity contribution in [3.8, 4) is 5.69 Å². The molecule has 26 heavy (non-hydrogen) atoms.